The Balaban J connectivity index is 1.61. The van der Waals surface area contributed by atoms with Crippen LogP contribution in [0.2, 0.25) is 0 Å². The third kappa shape index (κ3) is 3.27. The molecular formula is C18H18N7O2+. The average molecular weight is 364 g/mol. The van der Waals surface area contributed by atoms with E-state index in [1.165, 1.54) is 9.36 Å². The van der Waals surface area contributed by atoms with Gasteiger partial charge in [0.05, 0.1) is 11.9 Å². The van der Waals surface area contributed by atoms with E-state index in [-0.39, 0.29) is 12.3 Å². The van der Waals surface area contributed by atoms with Gasteiger partial charge in [-0.2, -0.15) is 14.8 Å². The Bertz CT molecular complexity index is 1110. The van der Waals surface area contributed by atoms with E-state index >= 15 is 0 Å². The van der Waals surface area contributed by atoms with E-state index in [2.05, 4.69) is 20.5 Å². The van der Waals surface area contributed by atoms with Crippen LogP contribution < -0.4 is 15.9 Å². The van der Waals surface area contributed by atoms with Crippen LogP contribution in [0.4, 0.5) is 0 Å². The highest BCUT2D eigenvalue weighted by atomic mass is 16.5. The Morgan fingerprint density at radius 3 is 2.74 bits per heavy atom. The van der Waals surface area contributed by atoms with E-state index in [0.717, 1.165) is 22.5 Å². The van der Waals surface area contributed by atoms with Crippen LogP contribution in [0, 0.1) is 6.92 Å². The Labute approximate surface area is 154 Å². The molecule has 0 saturated carbocycles. The number of allylic oxidation sites excluding steroid dienone is 1. The minimum absolute atomic E-state index is 0.251. The summed E-state index contributed by atoms with van der Waals surface area (Å²) >= 11 is 0. The molecule has 0 amide bonds. The predicted molar refractivity (Wildman–Crippen MR) is 98.3 cm³/mol. The highest BCUT2D eigenvalue weighted by Gasteiger charge is 2.15. The zero-order valence-corrected chi connectivity index (χ0v) is 14.9. The largest absolute Gasteiger partial charge is 0.473 e. The van der Waals surface area contributed by atoms with Crippen LogP contribution in [-0.4, -0.2) is 31.0 Å². The molecule has 0 radical (unpaired) electrons. The molecule has 0 spiro atoms. The van der Waals surface area contributed by atoms with Crippen LogP contribution in [0.25, 0.3) is 11.4 Å². The number of aryl methyl sites for hydroxylation is 2. The van der Waals surface area contributed by atoms with Crippen molar-refractivity contribution in [2.45, 2.75) is 13.5 Å². The maximum atomic E-state index is 12.2. The minimum atomic E-state index is -0.314. The molecule has 0 saturated heterocycles. The van der Waals surface area contributed by atoms with Crippen LogP contribution in [-0.2, 0) is 13.7 Å². The highest BCUT2D eigenvalue weighted by molar-refractivity contribution is 5.82. The predicted octanol–water partition coefficient (Wildman–Crippen LogP) is 0.152. The molecular weight excluding hydrogens is 346 g/mol. The number of benzene rings is 1. The van der Waals surface area contributed by atoms with Crippen LogP contribution in [0.5, 0.6) is 5.88 Å². The Hall–Kier alpha value is -3.59. The van der Waals surface area contributed by atoms with Crippen molar-refractivity contribution >= 4 is 11.9 Å². The lowest BCUT2D eigenvalue weighted by Gasteiger charge is -2.12. The minimum Gasteiger partial charge on any atom is -0.473 e. The van der Waals surface area contributed by atoms with Gasteiger partial charge in [-0.25, -0.2) is 9.78 Å². The van der Waals surface area contributed by atoms with Crippen LogP contribution in [0.1, 0.15) is 16.8 Å². The quantitative estimate of drug-likeness (QED) is 0.649. The molecule has 136 valence electrons. The van der Waals surface area contributed by atoms with Gasteiger partial charge in [0, 0.05) is 24.8 Å². The molecule has 9 nitrogen and oxygen atoms in total. The van der Waals surface area contributed by atoms with Gasteiger partial charge in [-0.3, -0.25) is 0 Å². The van der Waals surface area contributed by atoms with Gasteiger partial charge in [-0.05, 0) is 35.0 Å². The number of nitrogens with two attached hydrogens (primary N) is 1. The monoisotopic (exact) mass is 364 g/mol. The maximum absolute atomic E-state index is 12.2. The van der Waals surface area contributed by atoms with Crippen LogP contribution in [0.15, 0.2) is 52.4 Å². The third-order valence-corrected chi connectivity index (χ3v) is 4.27. The lowest BCUT2D eigenvalue weighted by atomic mass is 10.1. The number of ether oxygens (including phenoxy) is 1. The zero-order valence-electron chi connectivity index (χ0n) is 14.9. The van der Waals surface area contributed by atoms with E-state index in [9.17, 15) is 4.79 Å². The second kappa shape index (κ2) is 6.96. The van der Waals surface area contributed by atoms with E-state index in [1.807, 2.05) is 43.3 Å². The van der Waals surface area contributed by atoms with Gasteiger partial charge >= 0.3 is 5.69 Å². The SMILES string of the molecule is Cc1cccc(-n2nnn(C)c2=O)c1COc1cccc(C2=CC=N[NH2+]2)n1. The van der Waals surface area contributed by atoms with E-state index in [4.69, 9.17) is 4.74 Å². The molecule has 3 aromatic rings. The fourth-order valence-electron chi connectivity index (χ4n) is 2.78. The summed E-state index contributed by atoms with van der Waals surface area (Å²) in [7, 11) is 1.56. The number of hydrogen-bond acceptors (Lipinski definition) is 6. The van der Waals surface area contributed by atoms with Gasteiger partial charge in [0.15, 0.2) is 5.70 Å². The van der Waals surface area contributed by atoms with Gasteiger partial charge in [-0.1, -0.05) is 23.3 Å². The Morgan fingerprint density at radius 1 is 1.15 bits per heavy atom. The molecule has 3 heterocycles. The molecule has 27 heavy (non-hydrogen) atoms. The summed E-state index contributed by atoms with van der Waals surface area (Å²) in [6.07, 6.45) is 3.62. The second-order valence-electron chi connectivity index (χ2n) is 6.07. The summed E-state index contributed by atoms with van der Waals surface area (Å²) in [5, 5.41) is 11.8. The zero-order chi connectivity index (χ0) is 18.8. The summed E-state index contributed by atoms with van der Waals surface area (Å²) in [4.78, 5) is 16.7. The number of aromatic nitrogens is 5. The first-order chi connectivity index (χ1) is 13.1. The fourth-order valence-corrected chi connectivity index (χ4v) is 2.78. The smallest absolute Gasteiger partial charge is 0.368 e. The van der Waals surface area contributed by atoms with Crippen molar-refractivity contribution in [3.63, 3.8) is 0 Å². The molecule has 9 heteroatoms. The number of tetrazole rings is 1. The highest BCUT2D eigenvalue weighted by Crippen LogP contribution is 2.20. The summed E-state index contributed by atoms with van der Waals surface area (Å²) < 4.78 is 8.37. The fraction of sp³-hybridized carbons (Fsp3) is 0.167. The number of pyridine rings is 1. The topological polar surface area (TPSA) is 104 Å². The first kappa shape index (κ1) is 16.9. The first-order valence-corrected chi connectivity index (χ1v) is 8.38. The molecule has 0 bridgehead atoms. The normalized spacial score (nSPS) is 13.0. The summed E-state index contributed by atoms with van der Waals surface area (Å²) in [5.74, 6) is 0.495. The third-order valence-electron chi connectivity index (χ3n) is 4.27. The van der Waals surface area contributed by atoms with Crippen LogP contribution >= 0.6 is 0 Å². The molecule has 0 atom stereocenters. The summed E-state index contributed by atoms with van der Waals surface area (Å²) in [6.45, 7) is 2.21. The molecule has 1 aliphatic rings. The van der Waals surface area contributed by atoms with Crippen molar-refractivity contribution in [3.05, 3.63) is 69.8 Å². The second-order valence-corrected chi connectivity index (χ2v) is 6.07. The van der Waals surface area contributed by atoms with Gasteiger partial charge in [-0.15, -0.1) is 0 Å². The maximum Gasteiger partial charge on any atom is 0.368 e. The summed E-state index contributed by atoms with van der Waals surface area (Å²) in [6, 6.07) is 11.2. The van der Waals surface area contributed by atoms with Gasteiger partial charge in [0.25, 0.3) is 0 Å². The van der Waals surface area contributed by atoms with Crippen molar-refractivity contribution in [1.82, 2.24) is 24.8 Å². The number of nitrogens with zero attached hydrogens (tertiary/aromatic N) is 6. The van der Waals surface area contributed by atoms with Crippen molar-refractivity contribution < 1.29 is 10.2 Å². The number of hydrogen-bond donors (Lipinski definition) is 1. The van der Waals surface area contributed by atoms with E-state index < -0.39 is 0 Å². The van der Waals surface area contributed by atoms with Crippen LogP contribution in [0.3, 0.4) is 0 Å². The van der Waals surface area contributed by atoms with Crippen molar-refractivity contribution in [2.24, 2.45) is 12.1 Å². The van der Waals surface area contributed by atoms with Crippen molar-refractivity contribution in [3.8, 4) is 11.6 Å². The van der Waals surface area contributed by atoms with Crippen molar-refractivity contribution in [2.75, 3.05) is 0 Å². The van der Waals surface area contributed by atoms with E-state index in [1.54, 1.807) is 24.8 Å². The molecule has 4 rings (SSSR count). The van der Waals surface area contributed by atoms with Gasteiger partial charge in [0.2, 0.25) is 5.88 Å². The molecule has 2 aromatic heterocycles. The number of rotatable bonds is 5. The molecule has 0 fully saturated rings. The lowest BCUT2D eigenvalue weighted by Crippen LogP contribution is -2.72. The molecule has 1 aromatic carbocycles. The Kier molecular flexibility index (Phi) is 4.35. The number of quaternary nitrogens is 1. The van der Waals surface area contributed by atoms with Gasteiger partial charge in [0.1, 0.15) is 12.3 Å². The lowest BCUT2D eigenvalue weighted by molar-refractivity contribution is -0.565. The molecule has 0 aliphatic carbocycles. The van der Waals surface area contributed by atoms with E-state index in [0.29, 0.717) is 11.6 Å². The Morgan fingerprint density at radius 2 is 2.00 bits per heavy atom. The summed E-state index contributed by atoms with van der Waals surface area (Å²) in [5.41, 5.74) is 5.65. The molecule has 0 unspecified atom stereocenters. The molecule has 2 N–H and O–H groups in total. The first-order valence-electron chi connectivity index (χ1n) is 8.38. The standard InChI is InChI=1S/C18H17N7O2/c1-12-5-3-7-16(25-18(26)24(2)22-23-25)13(12)11-27-17-8-4-6-14(20-17)15-9-10-19-21-15/h3-10H,11H2,1-2H3,(H,19,21)/p+1. The average Bonchev–Trinajstić information content (AvgIpc) is 3.32. The van der Waals surface area contributed by atoms with Crippen molar-refractivity contribution in [1.29, 1.82) is 0 Å². The van der Waals surface area contributed by atoms with Gasteiger partial charge < -0.3 is 4.74 Å². The molecule has 1 aliphatic heterocycles.